The molecule has 2 heterocycles. The number of alkyl halides is 3. The molecular formula is C26H29F3N2. The average Bonchev–Trinajstić information content (AvgIpc) is 3.00. The minimum atomic E-state index is -4.07. The molecule has 164 valence electrons. The number of hydrogen-bond donors (Lipinski definition) is 0. The van der Waals surface area contributed by atoms with E-state index < -0.39 is 18.0 Å². The van der Waals surface area contributed by atoms with Gasteiger partial charge in [0, 0.05) is 18.5 Å². The van der Waals surface area contributed by atoms with E-state index in [0.717, 1.165) is 43.2 Å². The van der Waals surface area contributed by atoms with Gasteiger partial charge in [0.1, 0.15) is 5.41 Å². The lowest BCUT2D eigenvalue weighted by Gasteiger charge is -2.42. The van der Waals surface area contributed by atoms with Crippen LogP contribution in [-0.4, -0.2) is 29.7 Å². The maximum absolute atomic E-state index is 12.6. The first kappa shape index (κ1) is 21.9. The number of hydrogen-bond acceptors (Lipinski definition) is 2. The van der Waals surface area contributed by atoms with Gasteiger partial charge in [-0.25, -0.2) is 0 Å². The highest BCUT2D eigenvalue weighted by Crippen LogP contribution is 2.46. The van der Waals surface area contributed by atoms with E-state index >= 15 is 0 Å². The Morgan fingerprint density at radius 3 is 1.84 bits per heavy atom. The van der Waals surface area contributed by atoms with Crippen molar-refractivity contribution < 1.29 is 13.2 Å². The van der Waals surface area contributed by atoms with Crippen LogP contribution in [0.3, 0.4) is 0 Å². The second kappa shape index (κ2) is 9.04. The molecule has 0 spiro atoms. The summed E-state index contributed by atoms with van der Waals surface area (Å²) in [6, 6.07) is 23.4. The summed E-state index contributed by atoms with van der Waals surface area (Å²) in [4.78, 5) is 2.32. The van der Waals surface area contributed by atoms with Crippen LogP contribution < -0.4 is 0 Å². The third-order valence-electron chi connectivity index (χ3n) is 7.18. The fourth-order valence-electron chi connectivity index (χ4n) is 5.84. The Morgan fingerprint density at radius 2 is 1.39 bits per heavy atom. The second-order valence-electron chi connectivity index (χ2n) is 9.13. The lowest BCUT2D eigenvalue weighted by Crippen LogP contribution is -2.45. The van der Waals surface area contributed by atoms with Gasteiger partial charge in [0.05, 0.1) is 6.07 Å². The zero-order chi connectivity index (χ0) is 21.9. The zero-order valence-corrected chi connectivity index (χ0v) is 17.7. The zero-order valence-electron chi connectivity index (χ0n) is 17.7. The van der Waals surface area contributed by atoms with Crippen molar-refractivity contribution in [2.75, 3.05) is 6.54 Å². The van der Waals surface area contributed by atoms with Crippen LogP contribution in [-0.2, 0) is 5.41 Å². The topological polar surface area (TPSA) is 27.0 Å². The van der Waals surface area contributed by atoms with Crippen LogP contribution in [0.5, 0.6) is 0 Å². The maximum atomic E-state index is 12.6. The summed E-state index contributed by atoms with van der Waals surface area (Å²) in [5.74, 6) is 0.386. The molecular weight excluding hydrogens is 397 g/mol. The molecule has 31 heavy (non-hydrogen) atoms. The molecule has 0 aromatic heterocycles. The molecule has 3 atom stereocenters. The van der Waals surface area contributed by atoms with Crippen molar-refractivity contribution in [3.63, 3.8) is 0 Å². The van der Waals surface area contributed by atoms with Gasteiger partial charge in [0.25, 0.3) is 0 Å². The van der Waals surface area contributed by atoms with Crippen molar-refractivity contribution in [3.8, 4) is 6.07 Å². The van der Waals surface area contributed by atoms with E-state index in [4.69, 9.17) is 0 Å². The number of nitrogens with zero attached hydrogens (tertiary/aromatic N) is 2. The fourth-order valence-corrected chi connectivity index (χ4v) is 5.84. The van der Waals surface area contributed by atoms with E-state index in [1.807, 2.05) is 60.7 Å². The Labute approximate surface area is 182 Å². The molecule has 2 fully saturated rings. The van der Waals surface area contributed by atoms with Gasteiger partial charge >= 0.3 is 6.18 Å². The predicted molar refractivity (Wildman–Crippen MR) is 115 cm³/mol. The maximum Gasteiger partial charge on any atom is 0.389 e. The summed E-state index contributed by atoms with van der Waals surface area (Å²) in [5, 5.41) is 10.4. The highest BCUT2D eigenvalue weighted by atomic mass is 19.4. The summed E-state index contributed by atoms with van der Waals surface area (Å²) < 4.78 is 37.7. The minimum absolute atomic E-state index is 0.178. The summed E-state index contributed by atoms with van der Waals surface area (Å²) in [6.07, 6.45) is 0.198. The number of piperidine rings is 1. The molecule has 0 N–H and O–H groups in total. The number of halogens is 3. The second-order valence-corrected chi connectivity index (χ2v) is 9.13. The van der Waals surface area contributed by atoms with Crippen LogP contribution in [0.1, 0.15) is 56.1 Å². The first-order valence-corrected chi connectivity index (χ1v) is 11.3. The van der Waals surface area contributed by atoms with Crippen molar-refractivity contribution in [2.45, 2.75) is 68.6 Å². The van der Waals surface area contributed by atoms with Gasteiger partial charge < -0.3 is 0 Å². The van der Waals surface area contributed by atoms with E-state index in [1.54, 1.807) is 0 Å². The largest absolute Gasteiger partial charge is 0.389 e. The molecule has 0 radical (unpaired) electrons. The summed E-state index contributed by atoms with van der Waals surface area (Å²) >= 11 is 0. The first-order valence-electron chi connectivity index (χ1n) is 11.3. The number of nitriles is 1. The molecule has 0 amide bonds. The van der Waals surface area contributed by atoms with Crippen LogP contribution >= 0.6 is 0 Å². The van der Waals surface area contributed by atoms with Crippen molar-refractivity contribution in [1.29, 1.82) is 5.26 Å². The molecule has 0 saturated carbocycles. The van der Waals surface area contributed by atoms with Gasteiger partial charge in [-0.3, -0.25) is 4.90 Å². The Balaban J connectivity index is 1.52. The molecule has 2 aliphatic heterocycles. The first-order chi connectivity index (χ1) is 14.9. The van der Waals surface area contributed by atoms with Crippen molar-refractivity contribution in [2.24, 2.45) is 5.92 Å². The van der Waals surface area contributed by atoms with Gasteiger partial charge in [0.2, 0.25) is 0 Å². The Kier molecular flexibility index (Phi) is 6.39. The molecule has 1 unspecified atom stereocenters. The summed E-state index contributed by atoms with van der Waals surface area (Å²) in [5.41, 5.74) is 1.33. The monoisotopic (exact) mass is 426 g/mol. The lowest BCUT2D eigenvalue weighted by atomic mass is 9.68. The van der Waals surface area contributed by atoms with Crippen molar-refractivity contribution in [1.82, 2.24) is 4.90 Å². The number of benzene rings is 2. The molecule has 2 saturated heterocycles. The van der Waals surface area contributed by atoms with E-state index in [-0.39, 0.29) is 6.42 Å². The molecule has 2 aromatic carbocycles. The molecule has 5 heteroatoms. The van der Waals surface area contributed by atoms with Gasteiger partial charge in [0.15, 0.2) is 0 Å². The third-order valence-corrected chi connectivity index (χ3v) is 7.18. The Hall–Kier alpha value is -2.32. The minimum Gasteiger partial charge on any atom is -0.297 e. The highest BCUT2D eigenvalue weighted by Gasteiger charge is 2.45. The normalized spacial score (nSPS) is 24.1. The van der Waals surface area contributed by atoms with E-state index in [0.29, 0.717) is 24.5 Å². The van der Waals surface area contributed by atoms with Crippen LogP contribution in [0.4, 0.5) is 13.2 Å². The number of fused-ring (bicyclic) bond motifs is 2. The van der Waals surface area contributed by atoms with Crippen molar-refractivity contribution in [3.05, 3.63) is 71.8 Å². The number of rotatable bonds is 7. The molecule has 2 aliphatic rings. The Bertz CT molecular complexity index is 835. The molecule has 2 bridgehead atoms. The van der Waals surface area contributed by atoms with Gasteiger partial charge in [-0.15, -0.1) is 0 Å². The van der Waals surface area contributed by atoms with Crippen LogP contribution in [0.2, 0.25) is 0 Å². The van der Waals surface area contributed by atoms with Crippen LogP contribution in [0.25, 0.3) is 0 Å². The standard InChI is InChI=1S/C26H29F3N2/c27-26(28,29)14-7-15-31-23-12-13-24(31)17-20(16-23)18-25(19-30,21-8-3-1-4-9-21)22-10-5-2-6-11-22/h1-6,8-11,20,23-24H,7,12-18H2/t20?,23-,24+. The smallest absolute Gasteiger partial charge is 0.297 e. The SMILES string of the molecule is N#CC(CC1C[C@H]2CC[C@@H](C1)N2CCCC(F)(F)F)(c1ccccc1)c1ccccc1. The van der Waals surface area contributed by atoms with Gasteiger partial charge in [-0.2, -0.15) is 18.4 Å². The quantitative estimate of drug-likeness (QED) is 0.507. The summed E-state index contributed by atoms with van der Waals surface area (Å²) in [6.45, 7) is 0.530. The van der Waals surface area contributed by atoms with Crippen molar-refractivity contribution >= 4 is 0 Å². The molecule has 2 aromatic rings. The predicted octanol–water partition coefficient (Wildman–Crippen LogP) is 6.47. The Morgan fingerprint density at radius 1 is 0.871 bits per heavy atom. The van der Waals surface area contributed by atoms with E-state index in [1.165, 1.54) is 0 Å². The van der Waals surface area contributed by atoms with Gasteiger partial charge in [-0.05, 0) is 62.1 Å². The van der Waals surface area contributed by atoms with Crippen LogP contribution in [0, 0.1) is 17.2 Å². The summed E-state index contributed by atoms with van der Waals surface area (Å²) in [7, 11) is 0. The molecule has 2 nitrogen and oxygen atoms in total. The van der Waals surface area contributed by atoms with E-state index in [2.05, 4.69) is 11.0 Å². The molecule has 4 rings (SSSR count). The third kappa shape index (κ3) is 4.80. The van der Waals surface area contributed by atoms with E-state index in [9.17, 15) is 18.4 Å². The average molecular weight is 427 g/mol. The van der Waals surface area contributed by atoms with Gasteiger partial charge in [-0.1, -0.05) is 60.7 Å². The highest BCUT2D eigenvalue weighted by molar-refractivity contribution is 5.46. The molecule has 0 aliphatic carbocycles. The lowest BCUT2D eigenvalue weighted by molar-refractivity contribution is -0.136. The van der Waals surface area contributed by atoms with Crippen LogP contribution in [0.15, 0.2) is 60.7 Å². The fraction of sp³-hybridized carbons (Fsp3) is 0.500.